The highest BCUT2D eigenvalue weighted by molar-refractivity contribution is 9.10. The van der Waals surface area contributed by atoms with Crippen molar-refractivity contribution in [1.29, 1.82) is 0 Å². The number of rotatable bonds is 2. The van der Waals surface area contributed by atoms with Crippen LogP contribution in [0.5, 0.6) is 0 Å². The predicted octanol–water partition coefficient (Wildman–Crippen LogP) is 3.07. The minimum atomic E-state index is 0.651. The van der Waals surface area contributed by atoms with E-state index in [1.807, 2.05) is 17.6 Å². The lowest BCUT2D eigenvalue weighted by Crippen LogP contribution is -2.47. The summed E-state index contributed by atoms with van der Waals surface area (Å²) in [6.07, 6.45) is 3.45. The number of anilines is 2. The van der Waals surface area contributed by atoms with Crippen LogP contribution in [0.15, 0.2) is 47.3 Å². The molecule has 1 aliphatic rings. The molecule has 1 aliphatic heterocycles. The number of hydrogen-bond donors (Lipinski definition) is 0. The van der Waals surface area contributed by atoms with Crippen LogP contribution < -0.4 is 9.80 Å². The van der Waals surface area contributed by atoms with Crippen molar-refractivity contribution in [2.24, 2.45) is 0 Å². The van der Waals surface area contributed by atoms with Crippen molar-refractivity contribution in [1.82, 2.24) is 24.6 Å². The summed E-state index contributed by atoms with van der Waals surface area (Å²) < 4.78 is 2.87. The standard InChI is InChI=1S/C19H18BrN7/c1-13-10-18(27-19(24-13)22-12-23-27)26-8-6-25(7-9-26)17-4-5-21-16-11-14(20)2-3-15(16)17/h2-5,10-12H,6-9H2,1H3. The summed E-state index contributed by atoms with van der Waals surface area (Å²) in [6, 6.07) is 10.5. The number of aryl methyl sites for hydroxylation is 1. The summed E-state index contributed by atoms with van der Waals surface area (Å²) >= 11 is 3.53. The number of fused-ring (bicyclic) bond motifs is 2. The zero-order chi connectivity index (χ0) is 18.4. The molecule has 1 fully saturated rings. The number of halogens is 1. The Labute approximate surface area is 164 Å². The van der Waals surface area contributed by atoms with Crippen molar-refractivity contribution in [3.63, 3.8) is 0 Å². The van der Waals surface area contributed by atoms with Gasteiger partial charge in [-0.25, -0.2) is 4.98 Å². The number of pyridine rings is 1. The average Bonchev–Trinajstić information content (AvgIpc) is 3.15. The largest absolute Gasteiger partial charge is 0.367 e. The van der Waals surface area contributed by atoms with Gasteiger partial charge < -0.3 is 9.80 Å². The van der Waals surface area contributed by atoms with Crippen molar-refractivity contribution < 1.29 is 0 Å². The first kappa shape index (κ1) is 16.4. The highest BCUT2D eigenvalue weighted by Crippen LogP contribution is 2.29. The zero-order valence-corrected chi connectivity index (χ0v) is 16.5. The maximum absolute atomic E-state index is 4.51. The Morgan fingerprint density at radius 2 is 1.78 bits per heavy atom. The third kappa shape index (κ3) is 2.90. The van der Waals surface area contributed by atoms with Gasteiger partial charge in [-0.1, -0.05) is 15.9 Å². The minimum Gasteiger partial charge on any atom is -0.367 e. The van der Waals surface area contributed by atoms with E-state index < -0.39 is 0 Å². The fourth-order valence-corrected chi connectivity index (χ4v) is 4.04. The SMILES string of the molecule is Cc1cc(N2CCN(c3ccnc4cc(Br)ccc34)CC2)n2ncnc2n1. The Hall–Kier alpha value is -2.74. The average molecular weight is 424 g/mol. The minimum absolute atomic E-state index is 0.651. The molecule has 136 valence electrons. The molecular formula is C19H18BrN7. The highest BCUT2D eigenvalue weighted by atomic mass is 79.9. The summed E-state index contributed by atoms with van der Waals surface area (Å²) in [5, 5.41) is 5.52. The fourth-order valence-electron chi connectivity index (χ4n) is 3.69. The van der Waals surface area contributed by atoms with Gasteiger partial charge in [-0.3, -0.25) is 4.98 Å². The second-order valence-corrected chi connectivity index (χ2v) is 7.61. The van der Waals surface area contributed by atoms with Gasteiger partial charge in [-0.15, -0.1) is 0 Å². The summed E-state index contributed by atoms with van der Waals surface area (Å²) in [4.78, 5) is 18.0. The summed E-state index contributed by atoms with van der Waals surface area (Å²) in [5.74, 6) is 1.70. The fraction of sp³-hybridized carbons (Fsp3) is 0.263. The second kappa shape index (κ2) is 6.45. The molecule has 4 heterocycles. The molecule has 5 rings (SSSR count). The zero-order valence-electron chi connectivity index (χ0n) is 14.9. The third-order valence-electron chi connectivity index (χ3n) is 4.99. The van der Waals surface area contributed by atoms with Crippen LogP contribution in [0.1, 0.15) is 5.69 Å². The van der Waals surface area contributed by atoms with Gasteiger partial charge in [-0.2, -0.15) is 14.6 Å². The number of hydrogen-bond acceptors (Lipinski definition) is 6. The lowest BCUT2D eigenvalue weighted by atomic mass is 10.1. The molecule has 0 spiro atoms. The van der Waals surface area contributed by atoms with E-state index in [0.717, 1.165) is 47.7 Å². The van der Waals surface area contributed by atoms with Crippen LogP contribution in [-0.4, -0.2) is 50.7 Å². The van der Waals surface area contributed by atoms with E-state index in [4.69, 9.17) is 0 Å². The highest BCUT2D eigenvalue weighted by Gasteiger charge is 2.21. The number of aromatic nitrogens is 5. The van der Waals surface area contributed by atoms with Crippen molar-refractivity contribution in [2.45, 2.75) is 6.92 Å². The maximum atomic E-state index is 4.51. The van der Waals surface area contributed by atoms with E-state index in [1.54, 1.807) is 6.33 Å². The smallest absolute Gasteiger partial charge is 0.254 e. The van der Waals surface area contributed by atoms with E-state index in [-0.39, 0.29) is 0 Å². The quantitative estimate of drug-likeness (QED) is 0.493. The van der Waals surface area contributed by atoms with Crippen molar-refractivity contribution in [2.75, 3.05) is 36.0 Å². The third-order valence-corrected chi connectivity index (χ3v) is 5.48. The van der Waals surface area contributed by atoms with Gasteiger partial charge in [0.1, 0.15) is 12.1 Å². The number of nitrogens with zero attached hydrogens (tertiary/aromatic N) is 7. The Morgan fingerprint density at radius 3 is 2.63 bits per heavy atom. The molecule has 0 bridgehead atoms. The number of benzene rings is 1. The molecule has 4 aromatic rings. The van der Waals surface area contributed by atoms with Gasteiger partial charge in [0.15, 0.2) is 0 Å². The molecule has 27 heavy (non-hydrogen) atoms. The Bertz CT molecular complexity index is 1130. The molecule has 1 saturated heterocycles. The first-order chi connectivity index (χ1) is 13.2. The van der Waals surface area contributed by atoms with E-state index in [9.17, 15) is 0 Å². The van der Waals surface area contributed by atoms with Crippen LogP contribution in [0.2, 0.25) is 0 Å². The van der Waals surface area contributed by atoms with Crippen LogP contribution in [-0.2, 0) is 0 Å². The summed E-state index contributed by atoms with van der Waals surface area (Å²) in [7, 11) is 0. The topological polar surface area (TPSA) is 62.5 Å². The van der Waals surface area contributed by atoms with Gasteiger partial charge in [0.05, 0.1) is 5.52 Å². The first-order valence-corrected chi connectivity index (χ1v) is 9.70. The Kier molecular flexibility index (Phi) is 3.93. The van der Waals surface area contributed by atoms with Crippen LogP contribution in [0, 0.1) is 6.92 Å². The normalized spacial score (nSPS) is 15.0. The summed E-state index contributed by atoms with van der Waals surface area (Å²) in [6.45, 7) is 5.70. The Morgan fingerprint density at radius 1 is 0.963 bits per heavy atom. The van der Waals surface area contributed by atoms with Crippen LogP contribution >= 0.6 is 15.9 Å². The molecule has 8 heteroatoms. The van der Waals surface area contributed by atoms with Crippen LogP contribution in [0.25, 0.3) is 16.7 Å². The first-order valence-electron chi connectivity index (χ1n) is 8.90. The second-order valence-electron chi connectivity index (χ2n) is 6.69. The molecule has 0 radical (unpaired) electrons. The maximum Gasteiger partial charge on any atom is 0.254 e. The molecule has 0 aliphatic carbocycles. The van der Waals surface area contributed by atoms with Gasteiger partial charge in [0.2, 0.25) is 0 Å². The molecule has 1 aromatic carbocycles. The van der Waals surface area contributed by atoms with Crippen molar-refractivity contribution in [3.8, 4) is 0 Å². The molecular weight excluding hydrogens is 406 g/mol. The van der Waals surface area contributed by atoms with Crippen LogP contribution in [0.3, 0.4) is 0 Å². The van der Waals surface area contributed by atoms with Crippen molar-refractivity contribution >= 4 is 44.1 Å². The molecule has 3 aromatic heterocycles. The Balaban J connectivity index is 1.43. The van der Waals surface area contributed by atoms with Gasteiger partial charge in [0, 0.05) is 59.7 Å². The van der Waals surface area contributed by atoms with Crippen molar-refractivity contribution in [3.05, 3.63) is 53.0 Å². The van der Waals surface area contributed by atoms with E-state index in [2.05, 4.69) is 76.1 Å². The lowest BCUT2D eigenvalue weighted by molar-refractivity contribution is 0.639. The van der Waals surface area contributed by atoms with E-state index >= 15 is 0 Å². The van der Waals surface area contributed by atoms with Gasteiger partial charge >= 0.3 is 0 Å². The predicted molar refractivity (Wildman–Crippen MR) is 109 cm³/mol. The molecule has 0 unspecified atom stereocenters. The summed E-state index contributed by atoms with van der Waals surface area (Å²) in [5.41, 5.74) is 3.21. The molecule has 0 amide bonds. The molecule has 7 nitrogen and oxygen atoms in total. The van der Waals surface area contributed by atoms with E-state index in [1.165, 1.54) is 11.1 Å². The van der Waals surface area contributed by atoms with E-state index in [0.29, 0.717) is 5.78 Å². The molecule has 0 atom stereocenters. The van der Waals surface area contributed by atoms with Gasteiger partial charge in [0.25, 0.3) is 5.78 Å². The monoisotopic (exact) mass is 423 g/mol. The lowest BCUT2D eigenvalue weighted by Gasteiger charge is -2.37. The van der Waals surface area contributed by atoms with Gasteiger partial charge in [-0.05, 0) is 31.2 Å². The molecule has 0 N–H and O–H groups in total. The molecule has 0 saturated carbocycles. The van der Waals surface area contributed by atoms with Crippen LogP contribution in [0.4, 0.5) is 11.5 Å². The number of piperazine rings is 1.